The number of aryl methyl sites for hydroxylation is 1. The van der Waals surface area contributed by atoms with Crippen molar-refractivity contribution in [2.24, 2.45) is 0 Å². The summed E-state index contributed by atoms with van der Waals surface area (Å²) in [4.78, 5) is 32.9. The van der Waals surface area contributed by atoms with Crippen LogP contribution in [-0.4, -0.2) is 29.9 Å². The molecule has 1 aromatic carbocycles. The third-order valence-corrected chi connectivity index (χ3v) is 5.94. The van der Waals surface area contributed by atoms with Crippen molar-refractivity contribution in [3.63, 3.8) is 0 Å². The van der Waals surface area contributed by atoms with Crippen LogP contribution in [-0.2, 0) is 0 Å². The van der Waals surface area contributed by atoms with E-state index in [1.165, 1.54) is 17.8 Å². The number of nitrogens with zero attached hydrogens (tertiary/aromatic N) is 2. The quantitative estimate of drug-likeness (QED) is 0.613. The Balaban J connectivity index is 1.63. The number of amides is 2. The number of aromatic nitrogens is 1. The van der Waals surface area contributed by atoms with Crippen LogP contribution in [0, 0.1) is 6.92 Å². The van der Waals surface area contributed by atoms with Crippen LogP contribution in [0.5, 0.6) is 0 Å². The molecule has 2 N–H and O–H groups in total. The van der Waals surface area contributed by atoms with Gasteiger partial charge in [0.15, 0.2) is 0 Å². The predicted molar refractivity (Wildman–Crippen MR) is 122 cm³/mol. The lowest BCUT2D eigenvalue weighted by molar-refractivity contribution is 0.101. The average Bonchev–Trinajstić information content (AvgIpc) is 3.29. The Bertz CT molecular complexity index is 1040. The van der Waals surface area contributed by atoms with E-state index >= 15 is 0 Å². The molecule has 1 aliphatic rings. The molecule has 3 heterocycles. The topological polar surface area (TPSA) is 74.3 Å². The van der Waals surface area contributed by atoms with Crippen molar-refractivity contribution < 1.29 is 9.59 Å². The molecule has 154 valence electrons. The van der Waals surface area contributed by atoms with Crippen molar-refractivity contribution in [1.29, 1.82) is 0 Å². The fourth-order valence-electron chi connectivity index (χ4n) is 3.60. The fraction of sp³-hybridized carbons (Fsp3) is 0.261. The summed E-state index contributed by atoms with van der Waals surface area (Å²) in [6, 6.07) is 14.7. The van der Waals surface area contributed by atoms with Gasteiger partial charge in [-0.05, 0) is 68.0 Å². The number of piperidine rings is 1. The molecule has 0 aliphatic carbocycles. The van der Waals surface area contributed by atoms with Crippen molar-refractivity contribution in [3.05, 3.63) is 70.0 Å². The molecule has 0 radical (unpaired) electrons. The van der Waals surface area contributed by atoms with Crippen LogP contribution in [0.15, 0.2) is 53.9 Å². The fourth-order valence-corrected chi connectivity index (χ4v) is 4.22. The first-order valence-corrected chi connectivity index (χ1v) is 11.0. The van der Waals surface area contributed by atoms with Crippen LogP contribution in [0.1, 0.15) is 45.0 Å². The Kier molecular flexibility index (Phi) is 6.09. The monoisotopic (exact) mass is 420 g/mol. The molecule has 6 nitrogen and oxygen atoms in total. The molecular formula is C23H24N4O2S. The number of rotatable bonds is 5. The largest absolute Gasteiger partial charge is 0.371 e. The second-order valence-corrected chi connectivity index (χ2v) is 8.28. The van der Waals surface area contributed by atoms with Gasteiger partial charge in [0.1, 0.15) is 5.82 Å². The maximum absolute atomic E-state index is 13.2. The maximum atomic E-state index is 13.2. The van der Waals surface area contributed by atoms with Gasteiger partial charge in [0.2, 0.25) is 0 Å². The molecule has 0 spiro atoms. The molecule has 4 rings (SSSR count). The Labute approximate surface area is 180 Å². The lowest BCUT2D eigenvalue weighted by Crippen LogP contribution is -2.31. The standard InChI is InChI=1S/C23H24N4O2S/c1-16-7-5-9-21(24-16)26-22(28)18-15-17(25-23(29)20-8-6-14-30-20)10-11-19(18)27-12-3-2-4-13-27/h5-11,14-15H,2-4,12-13H2,1H3,(H,25,29)(H,24,26,28). The van der Waals surface area contributed by atoms with Gasteiger partial charge in [0.05, 0.1) is 10.4 Å². The summed E-state index contributed by atoms with van der Waals surface area (Å²) >= 11 is 1.38. The number of anilines is 3. The number of carbonyl (C=O) groups is 2. The smallest absolute Gasteiger partial charge is 0.265 e. The molecule has 1 aliphatic heterocycles. The summed E-state index contributed by atoms with van der Waals surface area (Å²) in [6.07, 6.45) is 3.43. The summed E-state index contributed by atoms with van der Waals surface area (Å²) < 4.78 is 0. The zero-order valence-corrected chi connectivity index (χ0v) is 17.7. The van der Waals surface area contributed by atoms with Crippen LogP contribution in [0.2, 0.25) is 0 Å². The highest BCUT2D eigenvalue weighted by atomic mass is 32.1. The van der Waals surface area contributed by atoms with Crippen LogP contribution in [0.25, 0.3) is 0 Å². The van der Waals surface area contributed by atoms with Crippen LogP contribution in [0.3, 0.4) is 0 Å². The van der Waals surface area contributed by atoms with Gasteiger partial charge in [0, 0.05) is 30.2 Å². The predicted octanol–water partition coefficient (Wildman–Crippen LogP) is 4.95. The Hall–Kier alpha value is -3.19. The Morgan fingerprint density at radius 2 is 1.80 bits per heavy atom. The van der Waals surface area contributed by atoms with E-state index in [-0.39, 0.29) is 11.8 Å². The number of hydrogen-bond acceptors (Lipinski definition) is 5. The molecule has 0 saturated carbocycles. The second-order valence-electron chi connectivity index (χ2n) is 7.33. The molecule has 7 heteroatoms. The molecular weight excluding hydrogens is 396 g/mol. The minimum absolute atomic E-state index is 0.178. The first-order chi connectivity index (χ1) is 14.6. The maximum Gasteiger partial charge on any atom is 0.265 e. The van der Waals surface area contributed by atoms with Crippen molar-refractivity contribution in [1.82, 2.24) is 4.98 Å². The molecule has 0 atom stereocenters. The summed E-state index contributed by atoms with van der Waals surface area (Å²) in [5, 5.41) is 7.66. The number of hydrogen-bond donors (Lipinski definition) is 2. The van der Waals surface area contributed by atoms with Crippen molar-refractivity contribution >= 4 is 40.3 Å². The van der Waals surface area contributed by atoms with Crippen molar-refractivity contribution in [3.8, 4) is 0 Å². The number of thiophene rings is 1. The van der Waals surface area contributed by atoms with E-state index in [9.17, 15) is 9.59 Å². The van der Waals surface area contributed by atoms with E-state index in [0.717, 1.165) is 37.3 Å². The van der Waals surface area contributed by atoms with Gasteiger partial charge in [0.25, 0.3) is 11.8 Å². The van der Waals surface area contributed by atoms with Gasteiger partial charge >= 0.3 is 0 Å². The second kappa shape index (κ2) is 9.09. The van der Waals surface area contributed by atoms with Crippen LogP contribution in [0.4, 0.5) is 17.2 Å². The van der Waals surface area contributed by atoms with Gasteiger partial charge in [-0.3, -0.25) is 9.59 Å². The highest BCUT2D eigenvalue weighted by Crippen LogP contribution is 2.28. The van der Waals surface area contributed by atoms with E-state index in [4.69, 9.17) is 0 Å². The van der Waals surface area contributed by atoms with Crippen molar-refractivity contribution in [2.75, 3.05) is 28.6 Å². The molecule has 1 fully saturated rings. The minimum atomic E-state index is -0.235. The van der Waals surface area contributed by atoms with Gasteiger partial charge in [-0.1, -0.05) is 12.1 Å². The molecule has 2 amide bonds. The summed E-state index contributed by atoms with van der Waals surface area (Å²) in [5.74, 6) is 0.0981. The molecule has 2 aromatic heterocycles. The molecule has 30 heavy (non-hydrogen) atoms. The van der Waals surface area contributed by atoms with E-state index in [1.807, 2.05) is 42.6 Å². The van der Waals surface area contributed by atoms with Gasteiger partial charge in [-0.2, -0.15) is 0 Å². The Morgan fingerprint density at radius 3 is 2.53 bits per heavy atom. The summed E-state index contributed by atoms with van der Waals surface area (Å²) in [5.41, 5.74) is 2.84. The number of nitrogens with one attached hydrogen (secondary N) is 2. The van der Waals surface area contributed by atoms with Crippen LogP contribution >= 0.6 is 11.3 Å². The van der Waals surface area contributed by atoms with E-state index in [2.05, 4.69) is 20.5 Å². The minimum Gasteiger partial charge on any atom is -0.371 e. The normalized spacial score (nSPS) is 13.7. The summed E-state index contributed by atoms with van der Waals surface area (Å²) in [6.45, 7) is 3.73. The number of carbonyl (C=O) groups excluding carboxylic acids is 2. The molecule has 1 saturated heterocycles. The van der Waals surface area contributed by atoms with Gasteiger partial charge < -0.3 is 15.5 Å². The zero-order valence-electron chi connectivity index (χ0n) is 16.9. The third-order valence-electron chi connectivity index (χ3n) is 5.07. The highest BCUT2D eigenvalue weighted by Gasteiger charge is 2.20. The van der Waals surface area contributed by atoms with Gasteiger partial charge in [-0.25, -0.2) is 4.98 Å². The van der Waals surface area contributed by atoms with E-state index < -0.39 is 0 Å². The zero-order chi connectivity index (χ0) is 20.9. The molecule has 3 aromatic rings. The number of pyridine rings is 1. The average molecular weight is 421 g/mol. The van der Waals surface area contributed by atoms with E-state index in [0.29, 0.717) is 21.9 Å². The van der Waals surface area contributed by atoms with Gasteiger partial charge in [-0.15, -0.1) is 11.3 Å². The van der Waals surface area contributed by atoms with Crippen LogP contribution < -0.4 is 15.5 Å². The van der Waals surface area contributed by atoms with Crippen molar-refractivity contribution in [2.45, 2.75) is 26.2 Å². The lowest BCUT2D eigenvalue weighted by atomic mass is 10.1. The summed E-state index contributed by atoms with van der Waals surface area (Å²) in [7, 11) is 0. The molecule has 0 bridgehead atoms. The third kappa shape index (κ3) is 4.68. The first-order valence-electron chi connectivity index (χ1n) is 10.1. The Morgan fingerprint density at radius 1 is 0.967 bits per heavy atom. The first kappa shape index (κ1) is 20.1. The molecule has 0 unspecified atom stereocenters. The SMILES string of the molecule is Cc1cccc(NC(=O)c2cc(NC(=O)c3cccs3)ccc2N2CCCCC2)n1. The van der Waals surface area contributed by atoms with E-state index in [1.54, 1.807) is 18.2 Å². The number of benzene rings is 1. The highest BCUT2D eigenvalue weighted by molar-refractivity contribution is 7.12. The lowest BCUT2D eigenvalue weighted by Gasteiger charge is -2.30.